The first-order valence-corrected chi connectivity index (χ1v) is 3.20. The van der Waals surface area contributed by atoms with Crippen LogP contribution >= 0.6 is 12.0 Å². The molecule has 0 saturated heterocycles. The minimum atomic E-state index is -4.62. The van der Waals surface area contributed by atoms with Gasteiger partial charge in [-0.25, -0.2) is 8.78 Å². The van der Waals surface area contributed by atoms with E-state index in [1.54, 1.807) is 0 Å². The highest BCUT2D eigenvalue weighted by Crippen LogP contribution is 2.32. The molecule has 1 nitrogen and oxygen atoms in total. The summed E-state index contributed by atoms with van der Waals surface area (Å²) in [5.41, 5.74) is -4.62. The van der Waals surface area contributed by atoms with Gasteiger partial charge in [0.15, 0.2) is 0 Å². The number of rotatable bonds is 3. The van der Waals surface area contributed by atoms with Crippen LogP contribution in [-0.4, -0.2) is 18.0 Å². The van der Waals surface area contributed by atoms with Crippen molar-refractivity contribution in [2.45, 2.75) is 18.4 Å². The van der Waals surface area contributed by atoms with Gasteiger partial charge in [-0.1, -0.05) is 0 Å². The second kappa shape index (κ2) is 3.57. The molecule has 0 N–H and O–H groups in total. The second-order valence-electron chi connectivity index (χ2n) is 1.86. The topological polar surface area (TPSA) is 9.23 Å². The van der Waals surface area contributed by atoms with Crippen LogP contribution in [0.15, 0.2) is 0 Å². The lowest BCUT2D eigenvalue weighted by Crippen LogP contribution is -2.18. The van der Waals surface area contributed by atoms with E-state index in [9.17, 15) is 22.0 Å². The van der Waals surface area contributed by atoms with Crippen LogP contribution in [0.5, 0.6) is 0 Å². The van der Waals surface area contributed by atoms with E-state index in [0.717, 1.165) is 0 Å². The predicted octanol–water partition coefficient (Wildman–Crippen LogP) is 2.83. The van der Waals surface area contributed by atoms with E-state index in [1.807, 2.05) is 0 Å². The number of halogens is 5. The Morgan fingerprint density at radius 1 is 1.18 bits per heavy atom. The van der Waals surface area contributed by atoms with E-state index in [-0.39, 0.29) is 0 Å². The number of alkyl halides is 5. The van der Waals surface area contributed by atoms with Crippen molar-refractivity contribution in [3.05, 3.63) is 0 Å². The summed E-state index contributed by atoms with van der Waals surface area (Å²) in [6, 6.07) is 0. The molecule has 0 fully saturated rings. The third-order valence-corrected chi connectivity index (χ3v) is 0.890. The average Bonchev–Trinajstić information content (AvgIpc) is 1.55. The molecule has 0 aliphatic rings. The smallest absolute Gasteiger partial charge is 0.302 e. The van der Waals surface area contributed by atoms with Crippen LogP contribution in [0.25, 0.3) is 0 Å². The third kappa shape index (κ3) is 9.96. The molecule has 0 amide bonds. The Morgan fingerprint density at radius 2 is 1.64 bits per heavy atom. The molecule has 7 heteroatoms. The average molecular weight is 196 g/mol. The van der Waals surface area contributed by atoms with E-state index in [1.165, 1.54) is 0 Å². The van der Waals surface area contributed by atoms with Gasteiger partial charge in [-0.2, -0.15) is 13.2 Å². The Labute approximate surface area is 64.1 Å². The zero-order valence-corrected chi connectivity index (χ0v) is 6.23. The molecule has 0 aliphatic carbocycles. The fourth-order valence-electron chi connectivity index (χ4n) is 0.200. The largest absolute Gasteiger partial charge is 0.467 e. The number of hydrogen-bond acceptors (Lipinski definition) is 2. The van der Waals surface area contributed by atoms with Crippen molar-refractivity contribution in [3.8, 4) is 0 Å². The summed E-state index contributed by atoms with van der Waals surface area (Å²) in [5.74, 6) is -3.22. The molecule has 0 aromatic rings. The molecule has 0 aliphatic heterocycles. The van der Waals surface area contributed by atoms with Crippen molar-refractivity contribution in [2.75, 3.05) is 6.61 Å². The van der Waals surface area contributed by atoms with E-state index in [2.05, 4.69) is 4.18 Å². The van der Waals surface area contributed by atoms with Crippen molar-refractivity contribution in [1.82, 2.24) is 0 Å². The standard InChI is InChI=1S/C4H5F5OS/c1-3(5,6)2-10-11-4(7,8)9/h2H2,1H3. The molecule has 0 aromatic heterocycles. The Hall–Kier alpha value is -0.0400. The monoisotopic (exact) mass is 196 g/mol. The van der Waals surface area contributed by atoms with Crippen molar-refractivity contribution < 1.29 is 26.1 Å². The lowest BCUT2D eigenvalue weighted by Gasteiger charge is -2.10. The van der Waals surface area contributed by atoms with Crippen molar-refractivity contribution in [3.63, 3.8) is 0 Å². The summed E-state index contributed by atoms with van der Waals surface area (Å²) in [7, 11) is 0. The molecule has 0 spiro atoms. The molecule has 0 heterocycles. The van der Waals surface area contributed by atoms with E-state index in [0.29, 0.717) is 6.92 Å². The first-order chi connectivity index (χ1) is 4.71. The minimum absolute atomic E-state index is 0.476. The summed E-state index contributed by atoms with van der Waals surface area (Å²) >= 11 is -0.920. The van der Waals surface area contributed by atoms with Gasteiger partial charge in [-0.15, -0.1) is 0 Å². The summed E-state index contributed by atoms with van der Waals surface area (Å²) in [6.45, 7) is -0.763. The number of hydrogen-bond donors (Lipinski definition) is 0. The van der Waals surface area contributed by atoms with Crippen LogP contribution in [0.3, 0.4) is 0 Å². The van der Waals surface area contributed by atoms with Crippen LogP contribution in [0.4, 0.5) is 22.0 Å². The SMILES string of the molecule is CC(F)(F)COSC(F)(F)F. The predicted molar refractivity (Wildman–Crippen MR) is 30.2 cm³/mol. The maximum Gasteiger partial charge on any atom is 0.467 e. The van der Waals surface area contributed by atoms with Gasteiger partial charge >= 0.3 is 5.51 Å². The molecule has 68 valence electrons. The third-order valence-electron chi connectivity index (χ3n) is 0.466. The lowest BCUT2D eigenvalue weighted by atomic mass is 10.4. The van der Waals surface area contributed by atoms with E-state index < -0.39 is 30.1 Å². The maximum absolute atomic E-state index is 11.8. The van der Waals surface area contributed by atoms with Crippen molar-refractivity contribution in [1.29, 1.82) is 0 Å². The van der Waals surface area contributed by atoms with Crippen LogP contribution < -0.4 is 0 Å². The molecule has 0 radical (unpaired) electrons. The van der Waals surface area contributed by atoms with Crippen LogP contribution in [0.1, 0.15) is 6.92 Å². The summed E-state index contributed by atoms with van der Waals surface area (Å²) in [4.78, 5) is 0. The molecule has 0 atom stereocenters. The molecular formula is C4H5F5OS. The van der Waals surface area contributed by atoms with Crippen LogP contribution in [-0.2, 0) is 4.18 Å². The fraction of sp³-hybridized carbons (Fsp3) is 1.00. The van der Waals surface area contributed by atoms with Crippen LogP contribution in [0, 0.1) is 0 Å². The Morgan fingerprint density at radius 3 is 1.91 bits per heavy atom. The zero-order chi connectivity index (χ0) is 9.12. The summed E-state index contributed by atoms with van der Waals surface area (Å²) in [5, 5.41) is 0. The van der Waals surface area contributed by atoms with Gasteiger partial charge in [0.2, 0.25) is 0 Å². The van der Waals surface area contributed by atoms with Crippen LogP contribution in [0.2, 0.25) is 0 Å². The summed E-state index contributed by atoms with van der Waals surface area (Å²) in [6.07, 6.45) is 0. The minimum Gasteiger partial charge on any atom is -0.302 e. The fourth-order valence-corrected chi connectivity index (χ4v) is 0.599. The Balaban J connectivity index is 3.44. The molecule has 0 rings (SSSR count). The van der Waals surface area contributed by atoms with Gasteiger partial charge in [0.1, 0.15) is 18.6 Å². The maximum atomic E-state index is 11.8. The quantitative estimate of drug-likeness (QED) is 0.507. The normalized spacial score (nSPS) is 13.6. The lowest BCUT2D eigenvalue weighted by molar-refractivity contribution is -0.0512. The van der Waals surface area contributed by atoms with E-state index >= 15 is 0 Å². The highest BCUT2D eigenvalue weighted by molar-refractivity contribution is 7.95. The van der Waals surface area contributed by atoms with Gasteiger partial charge in [0.05, 0.1) is 0 Å². The first-order valence-electron chi connectivity index (χ1n) is 2.46. The van der Waals surface area contributed by atoms with E-state index in [4.69, 9.17) is 0 Å². The van der Waals surface area contributed by atoms with Crippen molar-refractivity contribution >= 4 is 12.0 Å². The highest BCUT2D eigenvalue weighted by atomic mass is 32.2. The van der Waals surface area contributed by atoms with Gasteiger partial charge in [-0.3, -0.25) is 0 Å². The van der Waals surface area contributed by atoms with Crippen molar-refractivity contribution in [2.24, 2.45) is 0 Å². The molecule has 11 heavy (non-hydrogen) atoms. The molecule has 0 saturated carbocycles. The molecular weight excluding hydrogens is 191 g/mol. The van der Waals surface area contributed by atoms with Gasteiger partial charge in [-0.05, 0) is 0 Å². The zero-order valence-electron chi connectivity index (χ0n) is 5.41. The Kier molecular flexibility index (Phi) is 3.56. The molecule has 0 aromatic carbocycles. The summed E-state index contributed by atoms with van der Waals surface area (Å²) < 4.78 is 60.9. The highest BCUT2D eigenvalue weighted by Gasteiger charge is 2.32. The Bertz CT molecular complexity index is 103. The van der Waals surface area contributed by atoms with Gasteiger partial charge in [0.25, 0.3) is 5.92 Å². The first kappa shape index (κ1) is 11.0. The second-order valence-corrected chi connectivity index (χ2v) is 2.73. The van der Waals surface area contributed by atoms with Gasteiger partial charge < -0.3 is 4.18 Å². The van der Waals surface area contributed by atoms with Gasteiger partial charge in [0, 0.05) is 6.92 Å². The molecule has 0 unspecified atom stereocenters. The molecule has 0 bridgehead atoms.